The van der Waals surface area contributed by atoms with Gasteiger partial charge in [0.2, 0.25) is 5.91 Å². The van der Waals surface area contributed by atoms with Crippen molar-refractivity contribution in [2.24, 2.45) is 5.92 Å². The van der Waals surface area contributed by atoms with Gasteiger partial charge in [0.25, 0.3) is 0 Å². The maximum atomic E-state index is 12.5. The van der Waals surface area contributed by atoms with Crippen LogP contribution >= 0.6 is 0 Å². The van der Waals surface area contributed by atoms with Crippen molar-refractivity contribution in [3.05, 3.63) is 0 Å². The van der Waals surface area contributed by atoms with Crippen LogP contribution in [0.3, 0.4) is 0 Å². The fourth-order valence-corrected chi connectivity index (χ4v) is 3.47. The number of piperidine rings is 1. The van der Waals surface area contributed by atoms with Gasteiger partial charge in [0.1, 0.15) is 0 Å². The number of nitrogens with zero attached hydrogens (tertiary/aromatic N) is 2. The molecule has 0 spiro atoms. The number of carbonyl (C=O) groups excluding carboxylic acids is 1. The number of hydrogen-bond donors (Lipinski definition) is 1. The topological polar surface area (TPSA) is 35.6 Å². The van der Waals surface area contributed by atoms with E-state index in [9.17, 15) is 4.79 Å². The van der Waals surface area contributed by atoms with Crippen LogP contribution < -0.4 is 5.32 Å². The Morgan fingerprint density at radius 3 is 2.25 bits per heavy atom. The van der Waals surface area contributed by atoms with E-state index in [2.05, 4.69) is 22.0 Å². The van der Waals surface area contributed by atoms with Crippen molar-refractivity contribution in [1.82, 2.24) is 15.1 Å². The first-order chi connectivity index (χ1) is 9.78. The molecule has 0 atom stereocenters. The lowest BCUT2D eigenvalue weighted by Gasteiger charge is -2.31. The highest BCUT2D eigenvalue weighted by Gasteiger charge is 2.36. The standard InChI is InChI=1S/C16H29N3O/c1-2-19(15-5-6-15)16(20)12-18(14-3-4-14)11-13-7-9-17-10-8-13/h13-15,17H,2-12H2,1H3. The van der Waals surface area contributed by atoms with Gasteiger partial charge in [-0.25, -0.2) is 0 Å². The Morgan fingerprint density at radius 1 is 1.05 bits per heavy atom. The summed E-state index contributed by atoms with van der Waals surface area (Å²) in [5.74, 6) is 1.16. The van der Waals surface area contributed by atoms with Crippen LogP contribution in [0.25, 0.3) is 0 Å². The maximum Gasteiger partial charge on any atom is 0.236 e. The third-order valence-electron chi connectivity index (χ3n) is 5.00. The Labute approximate surface area is 122 Å². The number of carbonyl (C=O) groups is 1. The molecule has 114 valence electrons. The van der Waals surface area contributed by atoms with Gasteiger partial charge in [-0.3, -0.25) is 9.69 Å². The van der Waals surface area contributed by atoms with Crippen LogP contribution in [0.1, 0.15) is 45.4 Å². The summed E-state index contributed by atoms with van der Waals surface area (Å²) < 4.78 is 0. The molecule has 4 heteroatoms. The van der Waals surface area contributed by atoms with Crippen LogP contribution in [-0.4, -0.2) is 60.5 Å². The average Bonchev–Trinajstić information content (AvgIpc) is 3.32. The van der Waals surface area contributed by atoms with E-state index < -0.39 is 0 Å². The van der Waals surface area contributed by atoms with Crippen LogP contribution in [0.15, 0.2) is 0 Å². The second-order valence-corrected chi connectivity index (χ2v) is 6.76. The minimum atomic E-state index is 0.371. The minimum absolute atomic E-state index is 0.371. The van der Waals surface area contributed by atoms with Gasteiger partial charge in [0.05, 0.1) is 6.54 Å². The Bertz CT molecular complexity index is 333. The molecule has 1 heterocycles. The van der Waals surface area contributed by atoms with E-state index in [1.807, 2.05) is 0 Å². The molecule has 0 aromatic carbocycles. The highest BCUT2D eigenvalue weighted by molar-refractivity contribution is 5.79. The largest absolute Gasteiger partial charge is 0.339 e. The lowest BCUT2D eigenvalue weighted by Crippen LogP contribution is -2.45. The maximum absolute atomic E-state index is 12.5. The zero-order valence-corrected chi connectivity index (χ0v) is 12.8. The van der Waals surface area contributed by atoms with Gasteiger partial charge in [-0.15, -0.1) is 0 Å². The molecule has 1 aliphatic heterocycles. The third-order valence-corrected chi connectivity index (χ3v) is 5.00. The molecule has 2 saturated carbocycles. The molecule has 1 saturated heterocycles. The number of rotatable bonds is 7. The quantitative estimate of drug-likeness (QED) is 0.766. The van der Waals surface area contributed by atoms with Gasteiger partial charge in [-0.05, 0) is 64.5 Å². The first-order valence-corrected chi connectivity index (χ1v) is 8.52. The molecule has 0 bridgehead atoms. The predicted molar refractivity (Wildman–Crippen MR) is 80.6 cm³/mol. The molecule has 2 aliphatic carbocycles. The summed E-state index contributed by atoms with van der Waals surface area (Å²) in [6.07, 6.45) is 7.59. The summed E-state index contributed by atoms with van der Waals surface area (Å²) in [6, 6.07) is 1.26. The van der Waals surface area contributed by atoms with Crippen molar-refractivity contribution in [2.45, 2.75) is 57.5 Å². The molecule has 0 radical (unpaired) electrons. The van der Waals surface area contributed by atoms with Crippen LogP contribution in [-0.2, 0) is 4.79 Å². The smallest absolute Gasteiger partial charge is 0.236 e. The van der Waals surface area contributed by atoms with Crippen molar-refractivity contribution in [3.8, 4) is 0 Å². The normalized spacial score (nSPS) is 24.1. The Kier molecular flexibility index (Phi) is 4.61. The molecular formula is C16H29N3O. The average molecular weight is 279 g/mol. The zero-order chi connectivity index (χ0) is 13.9. The number of hydrogen-bond acceptors (Lipinski definition) is 3. The minimum Gasteiger partial charge on any atom is -0.339 e. The monoisotopic (exact) mass is 279 g/mol. The summed E-state index contributed by atoms with van der Waals surface area (Å²) in [5.41, 5.74) is 0. The van der Waals surface area contributed by atoms with Gasteiger partial charge in [-0.1, -0.05) is 0 Å². The second-order valence-electron chi connectivity index (χ2n) is 6.76. The molecule has 1 N–H and O–H groups in total. The molecule has 3 rings (SSSR count). The lowest BCUT2D eigenvalue weighted by molar-refractivity contribution is -0.133. The lowest BCUT2D eigenvalue weighted by atomic mass is 9.97. The Balaban J connectivity index is 1.52. The third kappa shape index (κ3) is 3.73. The fourth-order valence-electron chi connectivity index (χ4n) is 3.47. The molecular weight excluding hydrogens is 250 g/mol. The summed E-state index contributed by atoms with van der Waals surface area (Å²) in [7, 11) is 0. The molecule has 3 fully saturated rings. The molecule has 0 unspecified atom stereocenters. The highest BCUT2D eigenvalue weighted by atomic mass is 16.2. The highest BCUT2D eigenvalue weighted by Crippen LogP contribution is 2.30. The number of nitrogens with one attached hydrogen (secondary N) is 1. The van der Waals surface area contributed by atoms with E-state index in [1.54, 1.807) is 0 Å². The Morgan fingerprint density at radius 2 is 1.70 bits per heavy atom. The molecule has 1 amide bonds. The fraction of sp³-hybridized carbons (Fsp3) is 0.938. The van der Waals surface area contributed by atoms with Crippen LogP contribution in [0.5, 0.6) is 0 Å². The predicted octanol–water partition coefficient (Wildman–Crippen LogP) is 1.46. The van der Waals surface area contributed by atoms with Crippen molar-refractivity contribution < 1.29 is 4.79 Å². The van der Waals surface area contributed by atoms with Crippen LogP contribution in [0.2, 0.25) is 0 Å². The van der Waals surface area contributed by atoms with Crippen LogP contribution in [0, 0.1) is 5.92 Å². The molecule has 0 aromatic heterocycles. The first-order valence-electron chi connectivity index (χ1n) is 8.52. The molecule has 0 aromatic rings. The van der Waals surface area contributed by atoms with Gasteiger partial charge in [0, 0.05) is 25.2 Å². The van der Waals surface area contributed by atoms with Crippen molar-refractivity contribution in [1.29, 1.82) is 0 Å². The van der Waals surface area contributed by atoms with Crippen molar-refractivity contribution >= 4 is 5.91 Å². The summed E-state index contributed by atoms with van der Waals surface area (Å²) in [6.45, 7) is 7.11. The van der Waals surface area contributed by atoms with Crippen molar-refractivity contribution in [3.63, 3.8) is 0 Å². The van der Waals surface area contributed by atoms with Crippen LogP contribution in [0.4, 0.5) is 0 Å². The van der Waals surface area contributed by atoms with Gasteiger partial charge in [-0.2, -0.15) is 0 Å². The van der Waals surface area contributed by atoms with E-state index in [-0.39, 0.29) is 0 Å². The Hall–Kier alpha value is -0.610. The number of likely N-dealkylation sites (N-methyl/N-ethyl adjacent to an activating group) is 1. The van der Waals surface area contributed by atoms with Crippen molar-refractivity contribution in [2.75, 3.05) is 32.7 Å². The SMILES string of the molecule is CCN(C(=O)CN(CC1CCNCC1)C1CC1)C1CC1. The van der Waals surface area contributed by atoms with Gasteiger partial charge >= 0.3 is 0 Å². The van der Waals surface area contributed by atoms with E-state index in [0.717, 1.165) is 32.1 Å². The summed E-state index contributed by atoms with van der Waals surface area (Å²) >= 11 is 0. The number of amides is 1. The van der Waals surface area contributed by atoms with E-state index in [4.69, 9.17) is 0 Å². The zero-order valence-electron chi connectivity index (χ0n) is 12.8. The van der Waals surface area contributed by atoms with E-state index in [0.29, 0.717) is 24.5 Å². The molecule has 20 heavy (non-hydrogen) atoms. The molecule has 4 nitrogen and oxygen atoms in total. The van der Waals surface area contributed by atoms with Gasteiger partial charge in [0.15, 0.2) is 0 Å². The summed E-state index contributed by atoms with van der Waals surface area (Å²) in [4.78, 5) is 17.1. The summed E-state index contributed by atoms with van der Waals surface area (Å²) in [5, 5.41) is 3.43. The first kappa shape index (κ1) is 14.3. The second kappa shape index (κ2) is 6.44. The van der Waals surface area contributed by atoms with Gasteiger partial charge < -0.3 is 10.2 Å². The van der Waals surface area contributed by atoms with E-state index >= 15 is 0 Å². The molecule has 3 aliphatic rings. The van der Waals surface area contributed by atoms with E-state index in [1.165, 1.54) is 38.5 Å².